The summed E-state index contributed by atoms with van der Waals surface area (Å²) in [5.74, 6) is -2.38. The van der Waals surface area contributed by atoms with Crippen LogP contribution < -0.4 is 0 Å². The van der Waals surface area contributed by atoms with Gasteiger partial charge in [0.2, 0.25) is 0 Å². The van der Waals surface area contributed by atoms with Crippen molar-refractivity contribution in [3.63, 3.8) is 0 Å². The Morgan fingerprint density at radius 1 is 1.44 bits per heavy atom. The summed E-state index contributed by atoms with van der Waals surface area (Å²) in [6.45, 7) is 1.87. The summed E-state index contributed by atoms with van der Waals surface area (Å²) in [6.07, 6.45) is -0.459. The lowest BCUT2D eigenvalue weighted by molar-refractivity contribution is -0.136. The van der Waals surface area contributed by atoms with Gasteiger partial charge in [-0.25, -0.2) is 9.18 Å². The van der Waals surface area contributed by atoms with Crippen molar-refractivity contribution in [3.8, 4) is 0 Å². The molecule has 4 nitrogen and oxygen atoms in total. The molecule has 0 aromatic heterocycles. The second kappa shape index (κ2) is 5.25. The molecule has 1 aromatic rings. The maximum atomic E-state index is 13.2. The lowest BCUT2D eigenvalue weighted by atomic mass is 10.1. The molecule has 0 heterocycles. The first-order valence-electron chi connectivity index (χ1n) is 4.72. The van der Waals surface area contributed by atoms with E-state index < -0.39 is 24.2 Å². The molecule has 0 radical (unpaired) electrons. The van der Waals surface area contributed by atoms with Crippen LogP contribution in [0.2, 0.25) is 0 Å². The fourth-order valence-electron chi connectivity index (χ4n) is 1.21. The van der Waals surface area contributed by atoms with Crippen molar-refractivity contribution in [2.75, 3.05) is 6.61 Å². The fourth-order valence-corrected chi connectivity index (χ4v) is 1.21. The fraction of sp³-hybridized carbons (Fsp3) is 0.273. The number of carbonyl (C=O) groups is 2. The molecule has 0 saturated carbocycles. The quantitative estimate of drug-likeness (QED) is 0.792. The highest BCUT2D eigenvalue weighted by Gasteiger charge is 2.12. The highest BCUT2D eigenvalue weighted by atomic mass is 19.1. The van der Waals surface area contributed by atoms with Crippen LogP contribution in [0.4, 0.5) is 4.39 Å². The third kappa shape index (κ3) is 3.05. The topological polar surface area (TPSA) is 63.6 Å². The van der Waals surface area contributed by atoms with Gasteiger partial charge in [0.15, 0.2) is 0 Å². The average Bonchev–Trinajstić information content (AvgIpc) is 2.21. The molecule has 0 atom stereocenters. The van der Waals surface area contributed by atoms with E-state index in [4.69, 9.17) is 9.84 Å². The van der Waals surface area contributed by atoms with E-state index in [1.165, 1.54) is 12.1 Å². The molecule has 1 N–H and O–H groups in total. The van der Waals surface area contributed by atoms with Gasteiger partial charge >= 0.3 is 11.9 Å². The van der Waals surface area contributed by atoms with Gasteiger partial charge in [-0.05, 0) is 30.7 Å². The van der Waals surface area contributed by atoms with Gasteiger partial charge in [-0.2, -0.15) is 0 Å². The van der Waals surface area contributed by atoms with E-state index in [1.807, 2.05) is 0 Å². The molecule has 0 unspecified atom stereocenters. The van der Waals surface area contributed by atoms with Crippen molar-refractivity contribution in [2.24, 2.45) is 0 Å². The van der Waals surface area contributed by atoms with Crippen molar-refractivity contribution >= 4 is 11.9 Å². The summed E-state index contributed by atoms with van der Waals surface area (Å²) < 4.78 is 17.9. The van der Waals surface area contributed by atoms with Gasteiger partial charge in [0.1, 0.15) is 5.82 Å². The number of esters is 1. The summed E-state index contributed by atoms with van der Waals surface area (Å²) in [7, 11) is 0. The van der Waals surface area contributed by atoms with Gasteiger partial charge in [0.25, 0.3) is 0 Å². The van der Waals surface area contributed by atoms with Crippen molar-refractivity contribution in [1.82, 2.24) is 0 Å². The Morgan fingerprint density at radius 2 is 2.12 bits per heavy atom. The van der Waals surface area contributed by atoms with Crippen LogP contribution in [-0.4, -0.2) is 23.7 Å². The highest BCUT2D eigenvalue weighted by molar-refractivity contribution is 5.89. The van der Waals surface area contributed by atoms with Crippen molar-refractivity contribution in [3.05, 3.63) is 35.1 Å². The molecule has 0 saturated heterocycles. The van der Waals surface area contributed by atoms with Crippen molar-refractivity contribution in [2.45, 2.75) is 13.3 Å². The predicted octanol–water partition coefficient (Wildman–Crippen LogP) is 1.63. The first-order valence-corrected chi connectivity index (χ1v) is 4.72. The number of carboxylic acid groups (broad SMARTS) is 1. The van der Waals surface area contributed by atoms with E-state index >= 15 is 0 Å². The van der Waals surface area contributed by atoms with Crippen molar-refractivity contribution in [1.29, 1.82) is 0 Å². The smallest absolute Gasteiger partial charge is 0.338 e. The number of rotatable bonds is 4. The molecule has 0 spiro atoms. The molecule has 1 aromatic carbocycles. The van der Waals surface area contributed by atoms with Crippen LogP contribution in [-0.2, 0) is 16.0 Å². The number of halogens is 1. The number of hydrogen-bond acceptors (Lipinski definition) is 3. The van der Waals surface area contributed by atoms with Crippen LogP contribution in [0.25, 0.3) is 0 Å². The Labute approximate surface area is 91.7 Å². The number of hydrogen-bond donors (Lipinski definition) is 1. The molecule has 86 valence electrons. The van der Waals surface area contributed by atoms with Crippen LogP contribution in [0, 0.1) is 5.82 Å². The third-order valence-electron chi connectivity index (χ3n) is 1.90. The Kier molecular flexibility index (Phi) is 3.99. The molecule has 0 aliphatic heterocycles. The van der Waals surface area contributed by atoms with Crippen LogP contribution in [0.3, 0.4) is 0 Å². The molecule has 1 rings (SSSR count). The standard InChI is InChI=1S/C11H11FO4/c1-2-16-11(15)7-3-4-9(12)8(5-7)6-10(13)14/h3-5H,2,6H2,1H3,(H,13,14). The number of benzene rings is 1. The molecular formula is C11H11FO4. The summed E-state index contributed by atoms with van der Waals surface area (Å²) in [5, 5.41) is 8.54. The SMILES string of the molecule is CCOC(=O)c1ccc(F)c(CC(=O)O)c1. The maximum absolute atomic E-state index is 13.2. The number of carbonyl (C=O) groups excluding carboxylic acids is 1. The van der Waals surface area contributed by atoms with E-state index in [0.29, 0.717) is 0 Å². The van der Waals surface area contributed by atoms with Gasteiger partial charge in [0.05, 0.1) is 18.6 Å². The zero-order chi connectivity index (χ0) is 12.1. The van der Waals surface area contributed by atoms with E-state index in [0.717, 1.165) is 6.07 Å². The zero-order valence-electron chi connectivity index (χ0n) is 8.70. The van der Waals surface area contributed by atoms with Gasteiger partial charge < -0.3 is 9.84 Å². The number of carboxylic acids is 1. The number of aliphatic carboxylic acids is 1. The maximum Gasteiger partial charge on any atom is 0.338 e. The molecule has 16 heavy (non-hydrogen) atoms. The van der Waals surface area contributed by atoms with E-state index in [2.05, 4.69) is 0 Å². The minimum Gasteiger partial charge on any atom is -0.481 e. The Hall–Kier alpha value is -1.91. The Balaban J connectivity index is 2.97. The second-order valence-electron chi connectivity index (χ2n) is 3.10. The monoisotopic (exact) mass is 226 g/mol. The Bertz CT molecular complexity index is 414. The molecule has 0 aliphatic carbocycles. The minimum absolute atomic E-state index is 0.0296. The van der Waals surface area contributed by atoms with Gasteiger partial charge in [-0.15, -0.1) is 0 Å². The molecular weight excluding hydrogens is 215 g/mol. The van der Waals surface area contributed by atoms with Crippen LogP contribution in [0.5, 0.6) is 0 Å². The first-order chi connectivity index (χ1) is 7.54. The largest absolute Gasteiger partial charge is 0.481 e. The summed E-state index contributed by atoms with van der Waals surface area (Å²) >= 11 is 0. The summed E-state index contributed by atoms with van der Waals surface area (Å²) in [4.78, 5) is 21.7. The normalized spacial score (nSPS) is 9.88. The molecule has 0 fully saturated rings. The van der Waals surface area contributed by atoms with Gasteiger partial charge in [-0.3, -0.25) is 4.79 Å². The predicted molar refractivity (Wildman–Crippen MR) is 53.7 cm³/mol. The zero-order valence-corrected chi connectivity index (χ0v) is 8.70. The molecule has 5 heteroatoms. The van der Waals surface area contributed by atoms with E-state index in [-0.39, 0.29) is 17.7 Å². The van der Waals surface area contributed by atoms with Gasteiger partial charge in [0, 0.05) is 0 Å². The average molecular weight is 226 g/mol. The number of ether oxygens (including phenoxy) is 1. The van der Waals surface area contributed by atoms with E-state index in [9.17, 15) is 14.0 Å². The van der Waals surface area contributed by atoms with Crippen LogP contribution >= 0.6 is 0 Å². The van der Waals surface area contributed by atoms with E-state index in [1.54, 1.807) is 6.92 Å². The highest BCUT2D eigenvalue weighted by Crippen LogP contribution is 2.12. The molecule has 0 aliphatic rings. The second-order valence-corrected chi connectivity index (χ2v) is 3.10. The third-order valence-corrected chi connectivity index (χ3v) is 1.90. The lowest BCUT2D eigenvalue weighted by Gasteiger charge is -2.04. The van der Waals surface area contributed by atoms with Gasteiger partial charge in [-0.1, -0.05) is 0 Å². The Morgan fingerprint density at radius 3 is 2.69 bits per heavy atom. The van der Waals surface area contributed by atoms with Crippen LogP contribution in [0.15, 0.2) is 18.2 Å². The molecule has 0 bridgehead atoms. The van der Waals surface area contributed by atoms with Crippen molar-refractivity contribution < 1.29 is 23.8 Å². The summed E-state index contributed by atoms with van der Waals surface area (Å²) in [6, 6.07) is 3.52. The molecule has 0 amide bonds. The summed E-state index contributed by atoms with van der Waals surface area (Å²) in [5.41, 5.74) is 0.123. The first kappa shape index (κ1) is 12.2. The van der Waals surface area contributed by atoms with Crippen LogP contribution in [0.1, 0.15) is 22.8 Å². The lowest BCUT2D eigenvalue weighted by Crippen LogP contribution is -2.08. The minimum atomic E-state index is -1.15.